The number of nitrogens with zero attached hydrogens (tertiary/aromatic N) is 3. The van der Waals surface area contributed by atoms with Gasteiger partial charge in [0.2, 0.25) is 17.7 Å². The lowest BCUT2D eigenvalue weighted by Crippen LogP contribution is -2.63. The number of carbonyl (C=O) groups excluding carboxylic acids is 4. The van der Waals surface area contributed by atoms with Crippen molar-refractivity contribution in [3.05, 3.63) is 59.8 Å². The number of aromatic nitrogens is 1. The molecule has 14 nitrogen and oxygen atoms in total. The first-order valence-electron chi connectivity index (χ1n) is 19.5. The van der Waals surface area contributed by atoms with Crippen LogP contribution in [0.4, 0.5) is 4.79 Å². The molecule has 0 spiro atoms. The maximum absolute atomic E-state index is 14.9. The lowest BCUT2D eigenvalue weighted by molar-refractivity contribution is -0.142. The van der Waals surface area contributed by atoms with Gasteiger partial charge >= 0.3 is 18.0 Å². The summed E-state index contributed by atoms with van der Waals surface area (Å²) >= 11 is 0. The molecule has 57 heavy (non-hydrogen) atoms. The van der Waals surface area contributed by atoms with Gasteiger partial charge in [-0.15, -0.1) is 0 Å². The minimum atomic E-state index is -1.21. The molecule has 3 rings (SSSR count). The number of nitrogens with one attached hydrogen (secondary N) is 2. The maximum Gasteiger partial charge on any atom is 0.410 e. The van der Waals surface area contributed by atoms with E-state index in [1.165, 1.54) is 29.8 Å². The van der Waals surface area contributed by atoms with E-state index in [2.05, 4.69) is 10.6 Å². The van der Waals surface area contributed by atoms with Gasteiger partial charge in [-0.1, -0.05) is 85.7 Å². The topological polar surface area (TPSA) is 188 Å². The van der Waals surface area contributed by atoms with Gasteiger partial charge in [-0.25, -0.2) is 9.59 Å². The molecule has 14 heteroatoms. The van der Waals surface area contributed by atoms with Crippen LogP contribution in [-0.2, 0) is 41.2 Å². The zero-order chi connectivity index (χ0) is 43.2. The van der Waals surface area contributed by atoms with E-state index >= 15 is 0 Å². The highest BCUT2D eigenvalue weighted by Crippen LogP contribution is 2.38. The van der Waals surface area contributed by atoms with Crippen LogP contribution in [0.1, 0.15) is 93.6 Å². The minimum Gasteiger partial charge on any atom is -0.480 e. The molecule has 0 saturated carbocycles. The molecule has 0 unspecified atom stereocenters. The Morgan fingerprint density at radius 3 is 2.23 bits per heavy atom. The number of fused-ring (bicyclic) bond motifs is 1. The number of rotatable bonds is 14. The Morgan fingerprint density at radius 1 is 1.02 bits per heavy atom. The van der Waals surface area contributed by atoms with Crippen molar-refractivity contribution >= 4 is 46.7 Å². The standard InChI is InChI=1S/C43H63N5O9/c1-26(2)32(23-27(3)38(53)54)47(11)37(52)34(41(4,5)6)45-36(51)35(42(7,8)30-25-46(10)31-19-14-13-18-29(30)31)48(12)40(56)57-28-17-15-16-21-43(9,22-20-28)39(55)44-24-33(49)50/h13-15,17-19,23,25-26,28,32,34-35H,16,20-22,24H2,1-12H3,(H,44,55)(H,45,51)(H,49,50)(H,53,54)/b17-15+,27-23+/t28-,32+,34+,35+,43+/m0/s1. The van der Waals surface area contributed by atoms with Crippen molar-refractivity contribution < 1.29 is 43.7 Å². The van der Waals surface area contributed by atoms with Crippen LogP contribution in [0, 0.1) is 16.7 Å². The monoisotopic (exact) mass is 793 g/mol. The third-order valence-electron chi connectivity index (χ3n) is 11.2. The van der Waals surface area contributed by atoms with Crippen molar-refractivity contribution in [1.29, 1.82) is 0 Å². The Hall–Kier alpha value is -5.14. The fourth-order valence-corrected chi connectivity index (χ4v) is 7.63. The van der Waals surface area contributed by atoms with Crippen LogP contribution in [0.15, 0.2) is 54.3 Å². The molecule has 5 atom stereocenters. The van der Waals surface area contributed by atoms with Gasteiger partial charge in [0.05, 0.1) is 6.04 Å². The summed E-state index contributed by atoms with van der Waals surface area (Å²) in [4.78, 5) is 82.1. The molecule has 1 aliphatic rings. The molecule has 0 bridgehead atoms. The summed E-state index contributed by atoms with van der Waals surface area (Å²) in [5.41, 5.74) is -0.960. The van der Waals surface area contributed by atoms with E-state index < -0.39 is 82.8 Å². The highest BCUT2D eigenvalue weighted by atomic mass is 16.6. The van der Waals surface area contributed by atoms with Gasteiger partial charge in [0.25, 0.3) is 0 Å². The number of hydrogen-bond donors (Lipinski definition) is 4. The molecule has 1 aromatic carbocycles. The van der Waals surface area contributed by atoms with Gasteiger partial charge in [0, 0.05) is 54.6 Å². The fraction of sp³-hybridized carbons (Fsp3) is 0.581. The Balaban J connectivity index is 2.05. The van der Waals surface area contributed by atoms with Gasteiger partial charge in [0.1, 0.15) is 24.7 Å². The van der Waals surface area contributed by atoms with Gasteiger partial charge in [-0.2, -0.15) is 0 Å². The summed E-state index contributed by atoms with van der Waals surface area (Å²) in [5.74, 6) is -3.80. The number of ether oxygens (including phenoxy) is 1. The smallest absolute Gasteiger partial charge is 0.410 e. The van der Waals surface area contributed by atoms with E-state index in [0.717, 1.165) is 16.5 Å². The van der Waals surface area contributed by atoms with Gasteiger partial charge in [0.15, 0.2) is 0 Å². The molecular weight excluding hydrogens is 730 g/mol. The van der Waals surface area contributed by atoms with Gasteiger partial charge < -0.3 is 35.1 Å². The van der Waals surface area contributed by atoms with Crippen LogP contribution >= 0.6 is 0 Å². The maximum atomic E-state index is 14.9. The fourth-order valence-electron chi connectivity index (χ4n) is 7.63. The van der Waals surface area contributed by atoms with Crippen LogP contribution in [-0.4, -0.2) is 105 Å². The number of aliphatic carboxylic acids is 2. The summed E-state index contributed by atoms with van der Waals surface area (Å²) in [6.07, 6.45) is 7.10. The summed E-state index contributed by atoms with van der Waals surface area (Å²) in [6, 6.07) is 4.87. The molecule has 4 N–H and O–H groups in total. The molecule has 1 aliphatic carbocycles. The molecule has 4 amide bonds. The second-order valence-electron chi connectivity index (χ2n) is 17.6. The van der Waals surface area contributed by atoms with E-state index in [9.17, 15) is 33.9 Å². The molecule has 314 valence electrons. The normalized spacial score (nSPS) is 20.0. The van der Waals surface area contributed by atoms with Crippen molar-refractivity contribution in [2.75, 3.05) is 20.6 Å². The van der Waals surface area contributed by atoms with Crippen molar-refractivity contribution in [2.24, 2.45) is 23.8 Å². The first-order chi connectivity index (χ1) is 26.3. The number of carboxylic acid groups (broad SMARTS) is 2. The number of hydrogen-bond acceptors (Lipinski definition) is 7. The van der Waals surface area contributed by atoms with Crippen molar-refractivity contribution in [3.63, 3.8) is 0 Å². The summed E-state index contributed by atoms with van der Waals surface area (Å²) < 4.78 is 8.00. The van der Waals surface area contributed by atoms with Crippen LogP contribution in [0.3, 0.4) is 0 Å². The summed E-state index contributed by atoms with van der Waals surface area (Å²) in [7, 11) is 4.99. The first-order valence-corrected chi connectivity index (χ1v) is 19.5. The SMILES string of the molecule is C/C(=C\[C@H](C(C)C)N(C)C(=O)[C@@H](NC(=O)[C@@H](N(C)C(=O)O[C@H]1/C=C/CC[C@@](C)(C(=O)NCC(=O)O)CC1)C(C)(C)c1cn(C)c2ccccc12)C(C)(C)C)C(=O)O. The second kappa shape index (κ2) is 18.4. The van der Waals surface area contributed by atoms with E-state index in [4.69, 9.17) is 9.84 Å². The molecule has 0 radical (unpaired) electrons. The first kappa shape index (κ1) is 46.2. The number of para-hydroxylation sites is 1. The zero-order valence-corrected chi connectivity index (χ0v) is 35.6. The Labute approximate surface area is 336 Å². The number of likely N-dealkylation sites (N-methyl/N-ethyl adjacent to an activating group) is 2. The van der Waals surface area contributed by atoms with E-state index in [-0.39, 0.29) is 17.9 Å². The average molecular weight is 794 g/mol. The third kappa shape index (κ3) is 11.0. The number of carbonyl (C=O) groups is 6. The Morgan fingerprint density at radius 2 is 1.65 bits per heavy atom. The molecular formula is C43H63N5O9. The lowest BCUT2D eigenvalue weighted by atomic mass is 9.76. The molecule has 0 aliphatic heterocycles. The predicted octanol–water partition coefficient (Wildman–Crippen LogP) is 5.64. The number of benzene rings is 1. The highest BCUT2D eigenvalue weighted by Gasteiger charge is 2.47. The van der Waals surface area contributed by atoms with Crippen molar-refractivity contribution in [1.82, 2.24) is 25.0 Å². The number of allylic oxidation sites excluding steroid dienone is 1. The average Bonchev–Trinajstić information content (AvgIpc) is 3.46. The second-order valence-corrected chi connectivity index (χ2v) is 17.6. The van der Waals surface area contributed by atoms with Gasteiger partial charge in [-0.3, -0.25) is 24.1 Å². The quantitative estimate of drug-likeness (QED) is 0.139. The number of aryl methyl sites for hydroxylation is 1. The van der Waals surface area contributed by atoms with Crippen LogP contribution in [0.2, 0.25) is 0 Å². The predicted molar refractivity (Wildman–Crippen MR) is 218 cm³/mol. The Bertz CT molecular complexity index is 1890. The van der Waals surface area contributed by atoms with Crippen LogP contribution in [0.25, 0.3) is 10.9 Å². The summed E-state index contributed by atoms with van der Waals surface area (Å²) in [5, 5.41) is 25.0. The highest BCUT2D eigenvalue weighted by molar-refractivity contribution is 5.94. The lowest BCUT2D eigenvalue weighted by Gasteiger charge is -2.42. The molecule has 0 fully saturated rings. The zero-order valence-electron chi connectivity index (χ0n) is 35.6. The van der Waals surface area contributed by atoms with Crippen molar-refractivity contribution in [2.45, 2.75) is 118 Å². The van der Waals surface area contributed by atoms with Crippen LogP contribution < -0.4 is 10.6 Å². The molecule has 1 heterocycles. The third-order valence-corrected chi connectivity index (χ3v) is 11.2. The molecule has 0 saturated heterocycles. The summed E-state index contributed by atoms with van der Waals surface area (Å²) in [6.45, 7) is 15.7. The number of carboxylic acids is 2. The molecule has 1 aromatic heterocycles. The van der Waals surface area contributed by atoms with E-state index in [1.807, 2.05) is 96.6 Å². The van der Waals surface area contributed by atoms with Gasteiger partial charge in [-0.05, 0) is 61.6 Å². The van der Waals surface area contributed by atoms with E-state index in [0.29, 0.717) is 19.3 Å². The van der Waals surface area contributed by atoms with Crippen LogP contribution in [0.5, 0.6) is 0 Å². The minimum absolute atomic E-state index is 0.0898. The van der Waals surface area contributed by atoms with Crippen molar-refractivity contribution in [3.8, 4) is 0 Å². The Kier molecular flexibility index (Phi) is 14.9. The molecule has 2 aromatic rings. The van der Waals surface area contributed by atoms with E-state index in [1.54, 1.807) is 20.0 Å². The number of amides is 4. The largest absolute Gasteiger partial charge is 0.480 e.